The fourth-order valence-corrected chi connectivity index (χ4v) is 2.78. The van der Waals surface area contributed by atoms with Gasteiger partial charge in [0.25, 0.3) is 0 Å². The summed E-state index contributed by atoms with van der Waals surface area (Å²) in [7, 11) is 0. The molecule has 1 aromatic heterocycles. The SMILES string of the molecule is N#CC1CN(Cc2cc(C=CC(=O)O)cs2)CCO1. The quantitative estimate of drug-likeness (QED) is 0.846. The number of morpholine rings is 1. The van der Waals surface area contributed by atoms with Crippen LogP contribution in [0.25, 0.3) is 6.08 Å². The third kappa shape index (κ3) is 4.17. The third-order valence-corrected chi connectivity index (χ3v) is 3.71. The van der Waals surface area contributed by atoms with E-state index in [4.69, 9.17) is 15.1 Å². The molecular formula is C13H14N2O3S. The normalized spacial score (nSPS) is 20.5. The molecule has 1 atom stereocenters. The molecule has 0 radical (unpaired) electrons. The Morgan fingerprint density at radius 1 is 1.74 bits per heavy atom. The number of hydrogen-bond acceptors (Lipinski definition) is 5. The van der Waals surface area contributed by atoms with Crippen molar-refractivity contribution in [1.82, 2.24) is 4.90 Å². The predicted molar refractivity (Wildman–Crippen MR) is 71.6 cm³/mol. The molecular weight excluding hydrogens is 264 g/mol. The molecule has 1 saturated heterocycles. The summed E-state index contributed by atoms with van der Waals surface area (Å²) in [6.45, 7) is 2.79. The van der Waals surface area contributed by atoms with Crippen molar-refractivity contribution in [1.29, 1.82) is 5.26 Å². The second-order valence-corrected chi connectivity index (χ2v) is 5.24. The summed E-state index contributed by atoms with van der Waals surface area (Å²) in [6.07, 6.45) is 2.37. The van der Waals surface area contributed by atoms with Gasteiger partial charge in [-0.15, -0.1) is 11.3 Å². The molecule has 2 rings (SSSR count). The molecule has 5 nitrogen and oxygen atoms in total. The molecule has 1 N–H and O–H groups in total. The zero-order valence-electron chi connectivity index (χ0n) is 10.3. The minimum absolute atomic E-state index is 0.347. The van der Waals surface area contributed by atoms with Crippen molar-refractivity contribution >= 4 is 23.4 Å². The Morgan fingerprint density at radius 3 is 3.32 bits per heavy atom. The Morgan fingerprint density at radius 2 is 2.58 bits per heavy atom. The van der Waals surface area contributed by atoms with Gasteiger partial charge in [-0.2, -0.15) is 5.26 Å². The zero-order chi connectivity index (χ0) is 13.7. The topological polar surface area (TPSA) is 73.6 Å². The molecule has 0 aliphatic carbocycles. The summed E-state index contributed by atoms with van der Waals surface area (Å²) in [5.41, 5.74) is 0.896. The fraction of sp³-hybridized carbons (Fsp3) is 0.385. The number of rotatable bonds is 4. The highest BCUT2D eigenvalue weighted by Gasteiger charge is 2.20. The lowest BCUT2D eigenvalue weighted by Gasteiger charge is -2.29. The van der Waals surface area contributed by atoms with Gasteiger partial charge >= 0.3 is 5.97 Å². The van der Waals surface area contributed by atoms with Gasteiger partial charge < -0.3 is 9.84 Å². The average Bonchev–Trinajstić information content (AvgIpc) is 2.84. The molecule has 2 heterocycles. The largest absolute Gasteiger partial charge is 0.478 e. The number of thiophene rings is 1. The van der Waals surface area contributed by atoms with E-state index < -0.39 is 5.97 Å². The van der Waals surface area contributed by atoms with E-state index in [-0.39, 0.29) is 6.10 Å². The van der Waals surface area contributed by atoms with Crippen LogP contribution >= 0.6 is 11.3 Å². The van der Waals surface area contributed by atoms with Crippen LogP contribution in [0, 0.1) is 11.3 Å². The maximum atomic E-state index is 10.4. The maximum absolute atomic E-state index is 10.4. The van der Waals surface area contributed by atoms with E-state index in [1.54, 1.807) is 17.4 Å². The summed E-state index contributed by atoms with van der Waals surface area (Å²) in [6, 6.07) is 4.09. The summed E-state index contributed by atoms with van der Waals surface area (Å²) in [5.74, 6) is -0.946. The number of carbonyl (C=O) groups is 1. The number of nitriles is 1. The molecule has 19 heavy (non-hydrogen) atoms. The van der Waals surface area contributed by atoms with Crippen LogP contribution in [-0.2, 0) is 16.1 Å². The van der Waals surface area contributed by atoms with Crippen molar-refractivity contribution in [3.63, 3.8) is 0 Å². The van der Waals surface area contributed by atoms with Gasteiger partial charge in [0, 0.05) is 30.6 Å². The van der Waals surface area contributed by atoms with Gasteiger partial charge in [0.05, 0.1) is 12.7 Å². The van der Waals surface area contributed by atoms with Crippen molar-refractivity contribution in [2.45, 2.75) is 12.6 Å². The van der Waals surface area contributed by atoms with E-state index in [0.29, 0.717) is 13.2 Å². The number of carboxylic acids is 1. The van der Waals surface area contributed by atoms with E-state index in [0.717, 1.165) is 29.6 Å². The summed E-state index contributed by atoms with van der Waals surface area (Å²) in [4.78, 5) is 13.8. The first-order valence-corrected chi connectivity index (χ1v) is 6.77. The first-order chi connectivity index (χ1) is 9.17. The lowest BCUT2D eigenvalue weighted by Crippen LogP contribution is -2.41. The van der Waals surface area contributed by atoms with Crippen molar-refractivity contribution in [3.8, 4) is 6.07 Å². The zero-order valence-corrected chi connectivity index (χ0v) is 11.1. The molecule has 0 spiro atoms. The van der Waals surface area contributed by atoms with E-state index in [2.05, 4.69) is 11.0 Å². The smallest absolute Gasteiger partial charge is 0.328 e. The molecule has 0 amide bonds. The highest BCUT2D eigenvalue weighted by molar-refractivity contribution is 7.10. The van der Waals surface area contributed by atoms with Crippen molar-refractivity contribution in [3.05, 3.63) is 28.0 Å². The van der Waals surface area contributed by atoms with Crippen molar-refractivity contribution in [2.75, 3.05) is 19.7 Å². The van der Waals surface area contributed by atoms with Crippen LogP contribution in [0.1, 0.15) is 10.4 Å². The number of carboxylic acid groups (broad SMARTS) is 1. The van der Waals surface area contributed by atoms with Crippen molar-refractivity contribution in [2.24, 2.45) is 0 Å². The van der Waals surface area contributed by atoms with E-state index in [9.17, 15) is 4.79 Å². The Bertz CT molecular complexity index is 518. The van der Waals surface area contributed by atoms with E-state index >= 15 is 0 Å². The van der Waals surface area contributed by atoms with Crippen LogP contribution in [0.5, 0.6) is 0 Å². The van der Waals surface area contributed by atoms with Gasteiger partial charge in [0.15, 0.2) is 6.10 Å². The molecule has 1 aliphatic rings. The van der Waals surface area contributed by atoms with Crippen LogP contribution in [-0.4, -0.2) is 41.8 Å². The number of aliphatic carboxylic acids is 1. The van der Waals surface area contributed by atoms with E-state index in [1.807, 2.05) is 11.4 Å². The monoisotopic (exact) mass is 278 g/mol. The standard InChI is InChI=1S/C13H14N2O3S/c14-6-11-7-15(3-4-18-11)8-12-5-10(9-19-12)1-2-13(16)17/h1-2,5,9,11H,3-4,7-8H2,(H,16,17). The first kappa shape index (κ1) is 13.7. The Hall–Kier alpha value is -1.68. The summed E-state index contributed by atoms with van der Waals surface area (Å²) in [5, 5.41) is 19.3. The average molecular weight is 278 g/mol. The van der Waals surface area contributed by atoms with Crippen LogP contribution in [0.4, 0.5) is 0 Å². The van der Waals surface area contributed by atoms with Crippen LogP contribution < -0.4 is 0 Å². The second-order valence-electron chi connectivity index (χ2n) is 4.24. The highest BCUT2D eigenvalue weighted by Crippen LogP contribution is 2.19. The summed E-state index contributed by atoms with van der Waals surface area (Å²) >= 11 is 1.59. The minimum atomic E-state index is -0.946. The number of ether oxygens (including phenoxy) is 1. The Kier molecular flexibility index (Phi) is 4.68. The van der Waals surface area contributed by atoms with Gasteiger partial charge in [-0.25, -0.2) is 4.79 Å². The Labute approximate surface area is 115 Å². The molecule has 1 aliphatic heterocycles. The number of nitrogens with zero attached hydrogens (tertiary/aromatic N) is 2. The predicted octanol–water partition coefficient (Wildman–Crippen LogP) is 1.57. The van der Waals surface area contributed by atoms with Crippen molar-refractivity contribution < 1.29 is 14.6 Å². The highest BCUT2D eigenvalue weighted by atomic mass is 32.1. The molecule has 1 unspecified atom stereocenters. The molecule has 0 bridgehead atoms. The molecule has 0 aromatic carbocycles. The van der Waals surface area contributed by atoms with Gasteiger partial charge in [0.1, 0.15) is 0 Å². The third-order valence-electron chi connectivity index (χ3n) is 2.77. The van der Waals surface area contributed by atoms with Gasteiger partial charge in [-0.1, -0.05) is 0 Å². The molecule has 1 fully saturated rings. The summed E-state index contributed by atoms with van der Waals surface area (Å²) < 4.78 is 5.29. The van der Waals surface area contributed by atoms with Crippen LogP contribution in [0.15, 0.2) is 17.5 Å². The van der Waals surface area contributed by atoms with Gasteiger partial charge in [-0.05, 0) is 23.1 Å². The number of hydrogen-bond donors (Lipinski definition) is 1. The molecule has 100 valence electrons. The van der Waals surface area contributed by atoms with Gasteiger partial charge in [0.2, 0.25) is 0 Å². The first-order valence-electron chi connectivity index (χ1n) is 5.89. The fourth-order valence-electron chi connectivity index (χ4n) is 1.88. The molecule has 1 aromatic rings. The molecule has 6 heteroatoms. The van der Waals surface area contributed by atoms with Crippen LogP contribution in [0.3, 0.4) is 0 Å². The lowest BCUT2D eigenvalue weighted by atomic mass is 10.2. The van der Waals surface area contributed by atoms with E-state index in [1.165, 1.54) is 0 Å². The van der Waals surface area contributed by atoms with Gasteiger partial charge in [-0.3, -0.25) is 4.90 Å². The second kappa shape index (κ2) is 6.48. The molecule has 0 saturated carbocycles. The Balaban J connectivity index is 1.93. The lowest BCUT2D eigenvalue weighted by molar-refractivity contribution is -0.131. The minimum Gasteiger partial charge on any atom is -0.478 e. The van der Waals surface area contributed by atoms with Crippen LogP contribution in [0.2, 0.25) is 0 Å². The maximum Gasteiger partial charge on any atom is 0.328 e.